The Hall–Kier alpha value is -2.71. The number of rotatable bonds is 7. The fourth-order valence-electron chi connectivity index (χ4n) is 3.09. The zero-order chi connectivity index (χ0) is 24.0. The van der Waals surface area contributed by atoms with Crippen LogP contribution in [0, 0.1) is 6.92 Å². The molecule has 3 aromatic rings. The molecule has 0 saturated carbocycles. The van der Waals surface area contributed by atoms with E-state index in [1.807, 2.05) is 19.1 Å². The molecule has 9 heteroatoms. The maximum absolute atomic E-state index is 12.9. The highest BCUT2D eigenvalue weighted by atomic mass is 79.9. The molecule has 2 amide bonds. The van der Waals surface area contributed by atoms with Gasteiger partial charge in [0.15, 0.2) is 0 Å². The number of anilines is 2. The molecule has 174 valence electrons. The lowest BCUT2D eigenvalue weighted by Crippen LogP contribution is -2.20. The van der Waals surface area contributed by atoms with Gasteiger partial charge in [0.25, 0.3) is 0 Å². The molecule has 0 aliphatic heterocycles. The molecule has 33 heavy (non-hydrogen) atoms. The normalized spacial score (nSPS) is 12.2. The van der Waals surface area contributed by atoms with Crippen molar-refractivity contribution in [2.24, 2.45) is 0 Å². The van der Waals surface area contributed by atoms with Crippen LogP contribution >= 0.6 is 27.5 Å². The predicted molar refractivity (Wildman–Crippen MR) is 128 cm³/mol. The number of aryl methyl sites for hydroxylation is 1. The van der Waals surface area contributed by atoms with Crippen molar-refractivity contribution in [3.63, 3.8) is 0 Å². The van der Waals surface area contributed by atoms with Crippen LogP contribution < -0.4 is 15.4 Å². The van der Waals surface area contributed by atoms with Crippen molar-refractivity contribution < 1.29 is 22.7 Å². The largest absolute Gasteiger partial charge is 0.483 e. The summed E-state index contributed by atoms with van der Waals surface area (Å²) < 4.78 is 45.5. The standard InChI is InChI=1S/C24H21BrClF3N2O2/c1-15-6-9-17(10-7-15)30-23(32)31-20-14-16(25)8-11-22(20)33-21(12-13-24(27,28)29)18-4-2-3-5-19(18)26/h2-11,14,21H,12-13H2,1H3,(H2,30,31,32). The van der Waals surface area contributed by atoms with Crippen molar-refractivity contribution in [1.29, 1.82) is 0 Å². The van der Waals surface area contributed by atoms with E-state index in [2.05, 4.69) is 26.6 Å². The molecule has 0 bridgehead atoms. The summed E-state index contributed by atoms with van der Waals surface area (Å²) in [7, 11) is 0. The van der Waals surface area contributed by atoms with E-state index in [4.69, 9.17) is 16.3 Å². The molecule has 4 nitrogen and oxygen atoms in total. The number of hydrogen-bond acceptors (Lipinski definition) is 2. The van der Waals surface area contributed by atoms with Gasteiger partial charge in [0, 0.05) is 27.2 Å². The fourth-order valence-corrected chi connectivity index (χ4v) is 3.70. The molecule has 0 aliphatic rings. The maximum atomic E-state index is 12.9. The number of nitrogens with one attached hydrogen (secondary N) is 2. The van der Waals surface area contributed by atoms with E-state index in [-0.39, 0.29) is 17.9 Å². The van der Waals surface area contributed by atoms with Crippen molar-refractivity contribution in [2.75, 3.05) is 10.6 Å². The molecule has 2 N–H and O–H groups in total. The first-order valence-electron chi connectivity index (χ1n) is 10.0. The Morgan fingerprint density at radius 1 is 1.06 bits per heavy atom. The summed E-state index contributed by atoms with van der Waals surface area (Å²) in [5, 5.41) is 5.71. The van der Waals surface area contributed by atoms with Crippen LogP contribution in [0.3, 0.4) is 0 Å². The monoisotopic (exact) mass is 540 g/mol. The molecule has 1 unspecified atom stereocenters. The number of amides is 2. The van der Waals surface area contributed by atoms with Crippen molar-refractivity contribution >= 4 is 44.9 Å². The molecule has 1 atom stereocenters. The molecule has 0 radical (unpaired) electrons. The average molecular weight is 542 g/mol. The van der Waals surface area contributed by atoms with E-state index in [9.17, 15) is 18.0 Å². The van der Waals surface area contributed by atoms with Gasteiger partial charge >= 0.3 is 12.2 Å². The van der Waals surface area contributed by atoms with Crippen LogP contribution in [-0.2, 0) is 0 Å². The number of urea groups is 1. The summed E-state index contributed by atoms with van der Waals surface area (Å²) in [6.07, 6.45) is -6.70. The molecule has 0 spiro atoms. The Morgan fingerprint density at radius 3 is 2.42 bits per heavy atom. The Balaban J connectivity index is 1.83. The van der Waals surface area contributed by atoms with Gasteiger partial charge in [0.2, 0.25) is 0 Å². The van der Waals surface area contributed by atoms with Gasteiger partial charge < -0.3 is 15.4 Å². The molecule has 3 aromatic carbocycles. The van der Waals surface area contributed by atoms with Crippen LogP contribution in [0.5, 0.6) is 5.75 Å². The van der Waals surface area contributed by atoms with Gasteiger partial charge in [0.05, 0.1) is 5.69 Å². The second-order valence-electron chi connectivity index (χ2n) is 7.37. The summed E-state index contributed by atoms with van der Waals surface area (Å²) in [5.41, 5.74) is 2.36. The van der Waals surface area contributed by atoms with Gasteiger partial charge in [-0.3, -0.25) is 0 Å². The Kier molecular flexibility index (Phi) is 8.26. The van der Waals surface area contributed by atoms with Gasteiger partial charge in [-0.25, -0.2) is 4.79 Å². The van der Waals surface area contributed by atoms with E-state index in [0.29, 0.717) is 20.7 Å². The van der Waals surface area contributed by atoms with E-state index in [1.54, 1.807) is 54.6 Å². The van der Waals surface area contributed by atoms with Crippen LogP contribution in [0.1, 0.15) is 30.1 Å². The van der Waals surface area contributed by atoms with Gasteiger partial charge in [-0.2, -0.15) is 13.2 Å². The van der Waals surface area contributed by atoms with Crippen molar-refractivity contribution in [3.8, 4) is 5.75 Å². The highest BCUT2D eigenvalue weighted by Crippen LogP contribution is 2.37. The molecule has 0 aromatic heterocycles. The zero-order valence-corrected chi connectivity index (χ0v) is 19.9. The van der Waals surface area contributed by atoms with E-state index >= 15 is 0 Å². The maximum Gasteiger partial charge on any atom is 0.389 e. The average Bonchev–Trinajstić information content (AvgIpc) is 2.74. The quantitative estimate of drug-likeness (QED) is 0.315. The lowest BCUT2D eigenvalue weighted by Gasteiger charge is -2.23. The summed E-state index contributed by atoms with van der Waals surface area (Å²) in [4.78, 5) is 12.5. The zero-order valence-electron chi connectivity index (χ0n) is 17.5. The number of carbonyl (C=O) groups excluding carboxylic acids is 1. The molecular formula is C24H21BrClF3N2O2. The first-order valence-corrected chi connectivity index (χ1v) is 11.2. The molecular weight excluding hydrogens is 521 g/mol. The van der Waals surface area contributed by atoms with Crippen LogP contribution in [0.15, 0.2) is 71.2 Å². The van der Waals surface area contributed by atoms with Crippen LogP contribution in [0.2, 0.25) is 5.02 Å². The third kappa shape index (κ3) is 7.68. The number of benzene rings is 3. The minimum atomic E-state index is -4.35. The summed E-state index contributed by atoms with van der Waals surface area (Å²) in [6, 6.07) is 18.2. The molecule has 0 fully saturated rings. The van der Waals surface area contributed by atoms with Crippen LogP contribution in [0.25, 0.3) is 0 Å². The molecule has 0 heterocycles. The van der Waals surface area contributed by atoms with Gasteiger partial charge in [0.1, 0.15) is 11.9 Å². The van der Waals surface area contributed by atoms with Gasteiger partial charge in [-0.05, 0) is 49.7 Å². The molecule has 0 aliphatic carbocycles. The third-order valence-electron chi connectivity index (χ3n) is 4.71. The first-order chi connectivity index (χ1) is 15.6. The van der Waals surface area contributed by atoms with Crippen molar-refractivity contribution in [2.45, 2.75) is 32.0 Å². The molecule has 0 saturated heterocycles. The second-order valence-corrected chi connectivity index (χ2v) is 8.69. The number of hydrogen-bond donors (Lipinski definition) is 2. The summed E-state index contributed by atoms with van der Waals surface area (Å²) in [5.74, 6) is 0.212. The lowest BCUT2D eigenvalue weighted by atomic mass is 10.0. The lowest BCUT2D eigenvalue weighted by molar-refractivity contribution is -0.139. The predicted octanol–water partition coefficient (Wildman–Crippen LogP) is 8.52. The van der Waals surface area contributed by atoms with Crippen LogP contribution in [-0.4, -0.2) is 12.2 Å². The highest BCUT2D eigenvalue weighted by molar-refractivity contribution is 9.10. The topological polar surface area (TPSA) is 50.4 Å². The number of carbonyl (C=O) groups is 1. The van der Waals surface area contributed by atoms with Crippen molar-refractivity contribution in [1.82, 2.24) is 0 Å². The minimum absolute atomic E-state index is 0.212. The van der Waals surface area contributed by atoms with E-state index < -0.39 is 24.7 Å². The van der Waals surface area contributed by atoms with Crippen LogP contribution in [0.4, 0.5) is 29.3 Å². The third-order valence-corrected chi connectivity index (χ3v) is 5.55. The Labute approximate surface area is 203 Å². The van der Waals surface area contributed by atoms with E-state index in [0.717, 1.165) is 5.56 Å². The van der Waals surface area contributed by atoms with E-state index in [1.165, 1.54) is 0 Å². The second kappa shape index (κ2) is 10.9. The first kappa shape index (κ1) is 24.9. The Morgan fingerprint density at radius 2 is 1.76 bits per heavy atom. The number of ether oxygens (including phenoxy) is 1. The number of alkyl halides is 3. The molecule has 3 rings (SSSR count). The summed E-state index contributed by atoms with van der Waals surface area (Å²) >= 11 is 9.58. The SMILES string of the molecule is Cc1ccc(NC(=O)Nc2cc(Br)ccc2OC(CCC(F)(F)F)c2ccccc2Cl)cc1. The number of halogens is 5. The van der Waals surface area contributed by atoms with Gasteiger partial charge in [-0.15, -0.1) is 0 Å². The smallest absolute Gasteiger partial charge is 0.389 e. The highest BCUT2D eigenvalue weighted by Gasteiger charge is 2.30. The minimum Gasteiger partial charge on any atom is -0.483 e. The van der Waals surface area contributed by atoms with Crippen molar-refractivity contribution in [3.05, 3.63) is 87.4 Å². The fraction of sp³-hybridized carbons (Fsp3) is 0.208. The summed E-state index contributed by atoms with van der Waals surface area (Å²) in [6.45, 7) is 1.93. The van der Waals surface area contributed by atoms with Gasteiger partial charge in [-0.1, -0.05) is 63.4 Å². The Bertz CT molecular complexity index is 1110.